The van der Waals surface area contributed by atoms with Gasteiger partial charge in [-0.25, -0.2) is 0 Å². The van der Waals surface area contributed by atoms with Crippen LogP contribution in [0.5, 0.6) is 0 Å². The van der Waals surface area contributed by atoms with Crippen LogP contribution in [0.1, 0.15) is 11.1 Å². The highest BCUT2D eigenvalue weighted by atomic mass is 28.2. The van der Waals surface area contributed by atoms with Gasteiger partial charge in [0.15, 0.2) is 9.52 Å². The third kappa shape index (κ3) is 2.90. The van der Waals surface area contributed by atoms with Crippen molar-refractivity contribution in [1.82, 2.24) is 0 Å². The smallest absolute Gasteiger partial charge is 0.177 e. The largest absolute Gasteiger partial charge is 0.359 e. The Morgan fingerprint density at radius 3 is 1.87 bits per heavy atom. The summed E-state index contributed by atoms with van der Waals surface area (Å²) in [6.45, 7) is 0. The number of hydrogen-bond donors (Lipinski definition) is 0. The van der Waals surface area contributed by atoms with Gasteiger partial charge < -0.3 is 0 Å². The third-order valence-corrected chi connectivity index (χ3v) is 3.38. The number of hydrogen-bond acceptors (Lipinski definition) is 0. The molecule has 0 nitrogen and oxygen atoms in total. The number of halogens is 3. The second kappa shape index (κ2) is 4.25. The van der Waals surface area contributed by atoms with Crippen LogP contribution in [0.15, 0.2) is 18.2 Å². The summed E-state index contributed by atoms with van der Waals surface area (Å²) in [4.78, 5) is 0. The summed E-state index contributed by atoms with van der Waals surface area (Å²) in [5, 5.41) is 0.134. The summed E-state index contributed by atoms with van der Waals surface area (Å²) in [6.07, 6.45) is 10.3. The Morgan fingerprint density at radius 1 is 1.07 bits per heavy atom. The van der Waals surface area contributed by atoms with Crippen LogP contribution in [-0.2, 0) is 0 Å². The highest BCUT2D eigenvalue weighted by molar-refractivity contribution is 6.57. The number of benzene rings is 1. The second-order valence-electron chi connectivity index (χ2n) is 2.91. The van der Waals surface area contributed by atoms with Crippen LogP contribution in [0.4, 0.5) is 13.2 Å². The molecule has 0 N–H and O–H groups in total. The average molecular weight is 224 g/mol. The van der Waals surface area contributed by atoms with E-state index in [1.165, 1.54) is 12.1 Å². The lowest BCUT2D eigenvalue weighted by Crippen LogP contribution is -2.34. The van der Waals surface area contributed by atoms with Gasteiger partial charge in [-0.1, -0.05) is 17.9 Å². The van der Waals surface area contributed by atoms with Crippen molar-refractivity contribution in [2.75, 3.05) is 0 Å². The molecule has 4 heteroatoms. The van der Waals surface area contributed by atoms with Crippen LogP contribution in [0.2, 0.25) is 0 Å². The van der Waals surface area contributed by atoms with Crippen LogP contribution < -0.4 is 5.19 Å². The molecular weight excluding hydrogens is 217 g/mol. The molecule has 0 saturated heterocycles. The van der Waals surface area contributed by atoms with E-state index < -0.39 is 15.3 Å². The Kier molecular flexibility index (Phi) is 3.23. The predicted molar refractivity (Wildman–Crippen MR) is 56.5 cm³/mol. The van der Waals surface area contributed by atoms with Crippen LogP contribution in [0.3, 0.4) is 0 Å². The van der Waals surface area contributed by atoms with Crippen molar-refractivity contribution in [3.05, 3.63) is 29.3 Å². The van der Waals surface area contributed by atoms with E-state index in [0.717, 1.165) is 0 Å². The van der Waals surface area contributed by atoms with Crippen molar-refractivity contribution in [3.63, 3.8) is 0 Å². The first-order valence-electron chi connectivity index (χ1n) is 4.10. The van der Waals surface area contributed by atoms with Gasteiger partial charge in [-0.15, -0.1) is 12.8 Å². The quantitative estimate of drug-likeness (QED) is 0.492. The second-order valence-corrected chi connectivity index (χ2v) is 4.77. The highest BCUT2D eigenvalue weighted by Crippen LogP contribution is 2.14. The van der Waals surface area contributed by atoms with E-state index in [9.17, 15) is 13.2 Å². The number of alkyl halides is 3. The van der Waals surface area contributed by atoms with Crippen molar-refractivity contribution in [1.29, 1.82) is 0 Å². The molecular formula is C11H7F3Si. The summed E-state index contributed by atoms with van der Waals surface area (Å²) < 4.78 is 36.9. The van der Waals surface area contributed by atoms with Crippen molar-refractivity contribution in [2.45, 2.75) is 5.80 Å². The van der Waals surface area contributed by atoms with Crippen molar-refractivity contribution in [3.8, 4) is 24.7 Å². The molecule has 1 aromatic carbocycles. The molecule has 0 atom stereocenters. The van der Waals surface area contributed by atoms with Crippen molar-refractivity contribution >= 4 is 14.7 Å². The topological polar surface area (TPSA) is 0 Å². The molecule has 0 aliphatic heterocycles. The Bertz CT molecular complexity index is 414. The Morgan fingerprint density at radius 2 is 1.53 bits per heavy atom. The Hall–Kier alpha value is -1.65. The predicted octanol–water partition coefficient (Wildman–Crippen LogP) is 0.963. The third-order valence-electron chi connectivity index (χ3n) is 1.86. The average Bonchev–Trinajstić information content (AvgIpc) is 2.16. The molecule has 0 unspecified atom stereocenters. The highest BCUT2D eigenvalue weighted by Gasteiger charge is 2.30. The zero-order chi connectivity index (χ0) is 11.5. The lowest BCUT2D eigenvalue weighted by Gasteiger charge is -2.09. The fraction of sp³-hybridized carbons (Fsp3) is 0.0909. The van der Waals surface area contributed by atoms with Gasteiger partial charge in [-0.2, -0.15) is 13.2 Å². The summed E-state index contributed by atoms with van der Waals surface area (Å²) in [7, 11) is -2.44. The van der Waals surface area contributed by atoms with Crippen LogP contribution >= 0.6 is 0 Å². The maximum Gasteiger partial charge on any atom is 0.359 e. The molecule has 0 amide bonds. The van der Waals surface area contributed by atoms with Gasteiger partial charge in [0.25, 0.3) is 0 Å². The van der Waals surface area contributed by atoms with Crippen molar-refractivity contribution < 1.29 is 13.2 Å². The molecule has 1 aromatic rings. The molecule has 0 aliphatic carbocycles. The molecule has 0 fully saturated rings. The van der Waals surface area contributed by atoms with E-state index in [-0.39, 0.29) is 16.3 Å². The Balaban J connectivity index is 3.26. The lowest BCUT2D eigenvalue weighted by atomic mass is 10.1. The van der Waals surface area contributed by atoms with Crippen molar-refractivity contribution in [2.24, 2.45) is 0 Å². The fourth-order valence-electron chi connectivity index (χ4n) is 1.25. The molecule has 0 radical (unpaired) electrons. The minimum absolute atomic E-state index is 0.134. The SMILES string of the molecule is C#Cc1cccc(C#C)c1[SiH2]C(F)(F)F. The summed E-state index contributed by atoms with van der Waals surface area (Å²) in [5.74, 6) is 0.296. The molecule has 0 aromatic heterocycles. The minimum Gasteiger partial charge on any atom is -0.177 e. The fourth-order valence-corrected chi connectivity index (χ4v) is 2.47. The van der Waals surface area contributed by atoms with Gasteiger partial charge in [0.1, 0.15) is 0 Å². The minimum atomic E-state index is -4.17. The zero-order valence-electron chi connectivity index (χ0n) is 7.73. The maximum absolute atomic E-state index is 12.3. The number of terminal acetylenes is 2. The standard InChI is InChI=1S/C11H7F3Si/c1-3-8-6-5-7-9(4-2)10(8)15-11(12,13)14/h1-2,5-7H,15H2. The van der Waals surface area contributed by atoms with Crippen LogP contribution in [0, 0.1) is 24.7 Å². The maximum atomic E-state index is 12.3. The zero-order valence-corrected chi connectivity index (χ0v) is 9.14. The van der Waals surface area contributed by atoms with Gasteiger partial charge in [-0.05, 0) is 17.3 Å². The Labute approximate surface area is 88.3 Å². The van der Waals surface area contributed by atoms with Crippen LogP contribution in [-0.4, -0.2) is 15.3 Å². The van der Waals surface area contributed by atoms with Crippen LogP contribution in [0.25, 0.3) is 0 Å². The summed E-state index contributed by atoms with van der Waals surface area (Å²) >= 11 is 0. The summed E-state index contributed by atoms with van der Waals surface area (Å²) in [6, 6.07) is 4.53. The van der Waals surface area contributed by atoms with E-state index in [1.54, 1.807) is 6.07 Å². The van der Waals surface area contributed by atoms with Gasteiger partial charge >= 0.3 is 5.80 Å². The monoisotopic (exact) mass is 224 g/mol. The first kappa shape index (κ1) is 11.4. The van der Waals surface area contributed by atoms with E-state index >= 15 is 0 Å². The first-order valence-corrected chi connectivity index (χ1v) is 5.51. The van der Waals surface area contributed by atoms with Gasteiger partial charge in [0, 0.05) is 11.1 Å². The lowest BCUT2D eigenvalue weighted by molar-refractivity contribution is -0.0455. The molecule has 76 valence electrons. The molecule has 0 bridgehead atoms. The van der Waals surface area contributed by atoms with Gasteiger partial charge in [0.2, 0.25) is 0 Å². The van der Waals surface area contributed by atoms with E-state index in [0.29, 0.717) is 0 Å². The first-order chi connectivity index (χ1) is 6.98. The molecule has 15 heavy (non-hydrogen) atoms. The van der Waals surface area contributed by atoms with Gasteiger partial charge in [-0.3, -0.25) is 0 Å². The molecule has 0 saturated carbocycles. The number of rotatable bonds is 1. The molecule has 0 aliphatic rings. The normalized spacial score (nSPS) is 11.3. The molecule has 1 rings (SSSR count). The summed E-state index contributed by atoms with van der Waals surface area (Å²) in [5.41, 5.74) is 0.517. The molecule has 0 spiro atoms. The molecule has 0 heterocycles. The van der Waals surface area contributed by atoms with E-state index in [4.69, 9.17) is 12.8 Å². The van der Waals surface area contributed by atoms with Gasteiger partial charge in [0.05, 0.1) is 0 Å². The van der Waals surface area contributed by atoms with E-state index in [2.05, 4.69) is 11.8 Å². The van der Waals surface area contributed by atoms with E-state index in [1.807, 2.05) is 0 Å².